The molecule has 0 fully saturated rings. The van der Waals surface area contributed by atoms with Crippen LogP contribution in [0, 0.1) is 0 Å². The average molecular weight is 327 g/mol. The molecule has 2 aromatic rings. The number of rotatable bonds is 5. The zero-order valence-corrected chi connectivity index (χ0v) is 12.0. The fraction of sp³-hybridized carbons (Fsp3) is 0.308. The van der Waals surface area contributed by atoms with E-state index in [1.54, 1.807) is 13.0 Å². The summed E-state index contributed by atoms with van der Waals surface area (Å²) in [6.45, 7) is 1.74. The molecule has 0 atom stereocenters. The van der Waals surface area contributed by atoms with Crippen LogP contribution >= 0.6 is 10.2 Å². The second-order valence-electron chi connectivity index (χ2n) is 4.72. The molecule has 0 radical (unpaired) electrons. The van der Waals surface area contributed by atoms with Gasteiger partial charge in [-0.25, -0.2) is 0 Å². The molecule has 0 saturated carbocycles. The molecule has 0 saturated heterocycles. The fourth-order valence-corrected chi connectivity index (χ4v) is 3.08. The second kappa shape index (κ2) is 4.46. The van der Waals surface area contributed by atoms with Gasteiger partial charge in [0.15, 0.2) is 10.7 Å². The van der Waals surface area contributed by atoms with E-state index < -0.39 is 26.6 Å². The quantitative estimate of drug-likeness (QED) is 0.599. The highest BCUT2D eigenvalue weighted by Gasteiger charge is 2.69. The van der Waals surface area contributed by atoms with E-state index in [4.69, 9.17) is 0 Å². The number of unbranched alkanes of at least 4 members (excludes halogenated alkanes) is 1. The van der Waals surface area contributed by atoms with Crippen LogP contribution in [-0.2, 0) is 6.42 Å². The lowest BCUT2D eigenvalue weighted by atomic mass is 10.1. The number of hydrogen-bond acceptors (Lipinski definition) is 2. The van der Waals surface area contributed by atoms with E-state index >= 15 is 0 Å². The second-order valence-corrected chi connectivity index (χ2v) is 7.07. The molecule has 0 aliphatic carbocycles. The van der Waals surface area contributed by atoms with Crippen molar-refractivity contribution in [2.24, 2.45) is 0 Å². The van der Waals surface area contributed by atoms with Crippen LogP contribution in [0.15, 0.2) is 39.8 Å². The summed E-state index contributed by atoms with van der Waals surface area (Å²) < 4.78 is 71.2. The van der Waals surface area contributed by atoms with Gasteiger partial charge in [0.25, 0.3) is 0 Å². The van der Waals surface area contributed by atoms with E-state index in [0.29, 0.717) is 12.8 Å². The fourth-order valence-electron chi connectivity index (χ4n) is 1.99. The number of hydrogen-bond donors (Lipinski definition) is 0. The first kappa shape index (κ1) is 15.8. The Morgan fingerprint density at radius 1 is 1.05 bits per heavy atom. The Kier molecular flexibility index (Phi) is 3.36. The van der Waals surface area contributed by atoms with E-state index in [9.17, 15) is 19.4 Å². The van der Waals surface area contributed by atoms with E-state index in [0.717, 1.165) is 0 Å². The van der Waals surface area contributed by atoms with Gasteiger partial charge in [0.2, 0.25) is 0 Å². The van der Waals surface area contributed by atoms with Crippen LogP contribution in [0.2, 0.25) is 0 Å². The van der Waals surface area contributed by atoms with Gasteiger partial charge in [0, 0.05) is 12.0 Å². The van der Waals surface area contributed by atoms with Gasteiger partial charge in [-0.2, -0.15) is 0 Å². The lowest BCUT2D eigenvalue weighted by Gasteiger charge is -2.40. The number of benzene rings is 1. The molecule has 118 valence electrons. The Morgan fingerprint density at radius 3 is 2.19 bits per heavy atom. The standard InChI is InChI=1S/C13H14F5NOS/c1-2-3-9-11-13(21(14,15,16,17)18)12(19-20-11)10-7-5-4-6-8-10/h4-8H,2-3,9H2,1H3. The minimum atomic E-state index is -9.88. The summed E-state index contributed by atoms with van der Waals surface area (Å²) in [7, 11) is -9.88. The molecule has 2 rings (SSSR count). The number of aromatic nitrogens is 1. The van der Waals surface area contributed by atoms with Crippen molar-refractivity contribution in [3.05, 3.63) is 36.1 Å². The zero-order chi connectivity index (χ0) is 15.8. The molecule has 1 aromatic heterocycles. The largest absolute Gasteiger partial charge is 0.359 e. The van der Waals surface area contributed by atoms with E-state index in [1.807, 2.05) is 0 Å². The van der Waals surface area contributed by atoms with Crippen molar-refractivity contribution >= 4 is 10.2 Å². The van der Waals surface area contributed by atoms with Gasteiger partial charge in [-0.1, -0.05) is 68.3 Å². The van der Waals surface area contributed by atoms with Gasteiger partial charge in [0.1, 0.15) is 5.69 Å². The van der Waals surface area contributed by atoms with Crippen LogP contribution in [0.3, 0.4) is 0 Å². The monoisotopic (exact) mass is 327 g/mol. The molecule has 0 aliphatic rings. The third kappa shape index (κ3) is 3.55. The van der Waals surface area contributed by atoms with Gasteiger partial charge in [-0.3, -0.25) is 0 Å². The Balaban J connectivity index is 2.67. The van der Waals surface area contributed by atoms with Crippen molar-refractivity contribution in [3.63, 3.8) is 0 Å². The molecule has 0 N–H and O–H groups in total. The van der Waals surface area contributed by atoms with Crippen LogP contribution in [0.25, 0.3) is 11.3 Å². The highest BCUT2D eigenvalue weighted by molar-refractivity contribution is 8.45. The van der Waals surface area contributed by atoms with E-state index in [1.165, 1.54) is 24.3 Å². The molecule has 21 heavy (non-hydrogen) atoms. The third-order valence-electron chi connectivity index (χ3n) is 2.91. The summed E-state index contributed by atoms with van der Waals surface area (Å²) >= 11 is 0. The van der Waals surface area contributed by atoms with E-state index in [2.05, 4.69) is 9.68 Å². The Hall–Kier alpha value is -1.57. The molecule has 0 amide bonds. The number of halogens is 5. The van der Waals surface area contributed by atoms with Crippen molar-refractivity contribution in [2.45, 2.75) is 31.1 Å². The van der Waals surface area contributed by atoms with Gasteiger partial charge < -0.3 is 4.52 Å². The summed E-state index contributed by atoms with van der Waals surface area (Å²) in [6.07, 6.45) is 0.642. The third-order valence-corrected chi connectivity index (χ3v) is 4.10. The van der Waals surface area contributed by atoms with Gasteiger partial charge in [0.05, 0.1) is 0 Å². The zero-order valence-electron chi connectivity index (χ0n) is 11.2. The van der Waals surface area contributed by atoms with Crippen LogP contribution in [0.4, 0.5) is 19.4 Å². The van der Waals surface area contributed by atoms with Crippen LogP contribution in [0.1, 0.15) is 25.5 Å². The highest BCUT2D eigenvalue weighted by atomic mass is 32.5. The average Bonchev–Trinajstić information content (AvgIpc) is 2.80. The van der Waals surface area contributed by atoms with Crippen molar-refractivity contribution in [1.29, 1.82) is 0 Å². The molecule has 0 unspecified atom stereocenters. The van der Waals surface area contributed by atoms with E-state index in [-0.39, 0.29) is 12.0 Å². The molecule has 0 aliphatic heterocycles. The topological polar surface area (TPSA) is 26.0 Å². The Morgan fingerprint density at radius 2 is 1.67 bits per heavy atom. The minimum Gasteiger partial charge on any atom is -0.359 e. The first-order valence-corrected chi connectivity index (χ1v) is 8.26. The molecule has 2 nitrogen and oxygen atoms in total. The van der Waals surface area contributed by atoms with Crippen molar-refractivity contribution < 1.29 is 24.0 Å². The maximum atomic E-state index is 13.3. The molecule has 1 heterocycles. The Labute approximate surface area is 118 Å². The van der Waals surface area contributed by atoms with Gasteiger partial charge >= 0.3 is 10.2 Å². The minimum absolute atomic E-state index is 0.0488. The first-order chi connectivity index (χ1) is 9.53. The number of nitrogens with zero attached hydrogens (tertiary/aromatic N) is 1. The molecule has 8 heteroatoms. The first-order valence-electron chi connectivity index (χ1n) is 6.31. The van der Waals surface area contributed by atoms with Crippen LogP contribution in [0.5, 0.6) is 0 Å². The summed E-state index contributed by atoms with van der Waals surface area (Å²) in [6, 6.07) is 7.04. The highest BCUT2D eigenvalue weighted by Crippen LogP contribution is 3.03. The maximum absolute atomic E-state index is 13.3. The molecular weight excluding hydrogens is 313 g/mol. The summed E-state index contributed by atoms with van der Waals surface area (Å²) in [4.78, 5) is -1.99. The summed E-state index contributed by atoms with van der Waals surface area (Å²) in [5.74, 6) is -0.796. The lowest BCUT2D eigenvalue weighted by Crippen LogP contribution is -2.09. The molecule has 0 bridgehead atoms. The van der Waals surface area contributed by atoms with Gasteiger partial charge in [-0.05, 0) is 6.42 Å². The summed E-state index contributed by atoms with van der Waals surface area (Å²) in [5.41, 5.74) is -0.895. The number of aryl methyl sites for hydroxylation is 1. The van der Waals surface area contributed by atoms with Crippen LogP contribution < -0.4 is 0 Å². The predicted octanol–water partition coefficient (Wildman–Crippen LogP) is 6.34. The van der Waals surface area contributed by atoms with Crippen molar-refractivity contribution in [1.82, 2.24) is 5.16 Å². The smallest absolute Gasteiger partial charge is 0.315 e. The van der Waals surface area contributed by atoms with Crippen molar-refractivity contribution in [3.8, 4) is 11.3 Å². The molecule has 0 spiro atoms. The van der Waals surface area contributed by atoms with Crippen molar-refractivity contribution in [2.75, 3.05) is 0 Å². The van der Waals surface area contributed by atoms with Gasteiger partial charge in [-0.15, -0.1) is 0 Å². The molecule has 1 aromatic carbocycles. The normalized spacial score (nSPS) is 15.5. The predicted molar refractivity (Wildman–Crippen MR) is 71.9 cm³/mol. The summed E-state index contributed by atoms with van der Waals surface area (Å²) in [5, 5.41) is 3.25. The maximum Gasteiger partial charge on any atom is 0.315 e. The lowest BCUT2D eigenvalue weighted by molar-refractivity contribution is 0.347. The Bertz CT molecular complexity index is 636. The molecular formula is C13H14F5NOS. The SMILES string of the molecule is CCCCc1onc(-c2ccccc2)c1S(F)(F)(F)(F)F. The van der Waals surface area contributed by atoms with Crippen LogP contribution in [-0.4, -0.2) is 5.16 Å².